The molecule has 2 saturated heterocycles. The lowest BCUT2D eigenvalue weighted by atomic mass is 10.2. The Kier molecular flexibility index (Phi) is 4.88. The fraction of sp³-hybridized carbons (Fsp3) is 0.529. The normalized spacial score (nSPS) is 24.2. The third-order valence-electron chi connectivity index (χ3n) is 4.78. The zero-order chi connectivity index (χ0) is 17.1. The van der Waals surface area contributed by atoms with Crippen LogP contribution >= 0.6 is 0 Å². The number of rotatable bonds is 5. The number of hydrogen-bond acceptors (Lipinski definition) is 5. The summed E-state index contributed by atoms with van der Waals surface area (Å²) in [5, 5.41) is 22.7. The summed E-state index contributed by atoms with van der Waals surface area (Å²) in [5.41, 5.74) is 0.509. The van der Waals surface area contributed by atoms with E-state index in [9.17, 15) is 9.90 Å². The van der Waals surface area contributed by atoms with Gasteiger partial charge in [0.15, 0.2) is 5.75 Å². The van der Waals surface area contributed by atoms with E-state index in [1.54, 1.807) is 24.3 Å². The molecular weight excluding hydrogens is 308 g/mol. The molecule has 7 nitrogen and oxygen atoms in total. The van der Waals surface area contributed by atoms with E-state index < -0.39 is 6.09 Å². The summed E-state index contributed by atoms with van der Waals surface area (Å²) in [7, 11) is 0. The van der Waals surface area contributed by atoms with Crippen LogP contribution in [0, 0.1) is 11.3 Å². The van der Waals surface area contributed by atoms with E-state index in [1.165, 1.54) is 0 Å². The number of carboxylic acid groups (broad SMARTS) is 1. The Morgan fingerprint density at radius 1 is 1.42 bits per heavy atom. The molecule has 1 amide bonds. The first-order chi connectivity index (χ1) is 11.6. The van der Waals surface area contributed by atoms with Crippen LogP contribution in [0.15, 0.2) is 24.3 Å². The number of nitrogens with one attached hydrogen (secondary N) is 1. The van der Waals surface area contributed by atoms with Crippen LogP contribution in [0.5, 0.6) is 5.75 Å². The number of nitriles is 1. The minimum absolute atomic E-state index is 0.292. The summed E-state index contributed by atoms with van der Waals surface area (Å²) in [6.07, 6.45) is 1.20. The Labute approximate surface area is 141 Å². The maximum Gasteiger partial charge on any atom is 0.441 e. The van der Waals surface area contributed by atoms with Gasteiger partial charge < -0.3 is 15.3 Å². The smallest absolute Gasteiger partial charge is 0.441 e. The summed E-state index contributed by atoms with van der Waals surface area (Å²) in [5.74, 6) is 0.409. The monoisotopic (exact) mass is 330 g/mol. The molecule has 2 bridgehead atoms. The molecule has 2 N–H and O–H groups in total. The van der Waals surface area contributed by atoms with Crippen LogP contribution in [0.2, 0.25) is 0 Å². The lowest BCUT2D eigenvalue weighted by Crippen LogP contribution is -2.56. The lowest BCUT2D eigenvalue weighted by Gasteiger charge is -2.38. The predicted molar refractivity (Wildman–Crippen MR) is 87.5 cm³/mol. The second-order valence-electron chi connectivity index (χ2n) is 6.42. The summed E-state index contributed by atoms with van der Waals surface area (Å²) in [4.78, 5) is 19.6. The molecule has 0 saturated carbocycles. The highest BCUT2D eigenvalue weighted by atomic mass is 16.7. The maximum atomic E-state index is 11.6. The van der Waals surface area contributed by atoms with Crippen LogP contribution in [0.1, 0.15) is 25.3 Å². The predicted octanol–water partition coefficient (Wildman–Crippen LogP) is 1.66. The van der Waals surface area contributed by atoms with Gasteiger partial charge in [-0.25, -0.2) is 4.79 Å². The summed E-state index contributed by atoms with van der Waals surface area (Å²) >= 11 is 0. The number of fused-ring (bicyclic) bond motifs is 2. The summed E-state index contributed by atoms with van der Waals surface area (Å²) in [6.45, 7) is 4.44. The molecule has 3 unspecified atom stereocenters. The van der Waals surface area contributed by atoms with E-state index in [1.807, 2.05) is 13.0 Å². The van der Waals surface area contributed by atoms with Gasteiger partial charge in [0.2, 0.25) is 0 Å². The average molecular weight is 330 g/mol. The summed E-state index contributed by atoms with van der Waals surface area (Å²) in [6, 6.07) is 9.13. The average Bonchev–Trinajstić information content (AvgIpc) is 2.81. The van der Waals surface area contributed by atoms with Crippen molar-refractivity contribution in [2.45, 2.75) is 37.9 Å². The van der Waals surface area contributed by atoms with E-state index in [2.05, 4.69) is 10.2 Å². The quantitative estimate of drug-likeness (QED) is 0.798. The van der Waals surface area contributed by atoms with E-state index in [0.29, 0.717) is 29.9 Å². The Hall–Kier alpha value is -2.30. The van der Waals surface area contributed by atoms with E-state index in [4.69, 9.17) is 10.1 Å². The highest BCUT2D eigenvalue weighted by molar-refractivity contribution is 5.64. The van der Waals surface area contributed by atoms with Crippen LogP contribution in [-0.2, 0) is 0 Å². The highest BCUT2D eigenvalue weighted by Gasteiger charge is 2.38. The standard InChI is InChI=1S/C17H22N4O3/c1-12(11-20-14-4-5-15(20)10-19-9-14)21(17(22)23)24-16-6-2-13(8-18)3-7-16/h2-3,6-7,12,14-15,19H,4-5,9-11H2,1H3,(H,22,23). The third kappa shape index (κ3) is 3.45. The fourth-order valence-electron chi connectivity index (χ4n) is 3.57. The van der Waals surface area contributed by atoms with Gasteiger partial charge in [0.25, 0.3) is 0 Å². The molecule has 0 aromatic heterocycles. The van der Waals surface area contributed by atoms with Crippen molar-refractivity contribution >= 4 is 6.09 Å². The highest BCUT2D eigenvalue weighted by Crippen LogP contribution is 2.27. The number of nitrogens with zero attached hydrogens (tertiary/aromatic N) is 3. The van der Waals surface area contributed by atoms with Gasteiger partial charge in [-0.2, -0.15) is 5.26 Å². The van der Waals surface area contributed by atoms with Gasteiger partial charge in [0.05, 0.1) is 17.7 Å². The Morgan fingerprint density at radius 3 is 2.58 bits per heavy atom. The van der Waals surface area contributed by atoms with E-state index in [0.717, 1.165) is 31.0 Å². The van der Waals surface area contributed by atoms with Gasteiger partial charge in [-0.1, -0.05) is 0 Å². The first kappa shape index (κ1) is 16.6. The van der Waals surface area contributed by atoms with Crippen molar-refractivity contribution in [3.05, 3.63) is 29.8 Å². The molecule has 24 heavy (non-hydrogen) atoms. The molecular formula is C17H22N4O3. The molecule has 7 heteroatoms. The van der Waals surface area contributed by atoms with Crippen LogP contribution < -0.4 is 10.2 Å². The third-order valence-corrected chi connectivity index (χ3v) is 4.78. The largest absolute Gasteiger partial charge is 0.463 e. The molecule has 1 aromatic rings. The van der Waals surface area contributed by atoms with E-state index >= 15 is 0 Å². The van der Waals surface area contributed by atoms with Crippen molar-refractivity contribution in [1.29, 1.82) is 5.26 Å². The molecule has 2 aliphatic rings. The first-order valence-electron chi connectivity index (χ1n) is 8.25. The zero-order valence-corrected chi connectivity index (χ0v) is 13.7. The van der Waals surface area contributed by atoms with Gasteiger partial charge in [0.1, 0.15) is 0 Å². The maximum absolute atomic E-state index is 11.6. The number of carbonyl (C=O) groups is 1. The molecule has 2 heterocycles. The molecule has 0 radical (unpaired) electrons. The molecule has 1 aromatic carbocycles. The number of hydrogen-bond donors (Lipinski definition) is 2. The Bertz CT molecular complexity index is 612. The molecule has 3 atom stereocenters. The molecule has 3 rings (SSSR count). The molecule has 128 valence electrons. The SMILES string of the molecule is CC(CN1C2CCC1CNC2)N(Oc1ccc(C#N)cc1)C(=O)O. The van der Waals surface area contributed by atoms with Gasteiger partial charge in [-0.15, -0.1) is 5.06 Å². The van der Waals surface area contributed by atoms with Crippen molar-refractivity contribution in [2.24, 2.45) is 0 Å². The minimum atomic E-state index is -1.12. The van der Waals surface area contributed by atoms with Crippen LogP contribution in [0.25, 0.3) is 0 Å². The van der Waals surface area contributed by atoms with Gasteiger partial charge in [0, 0.05) is 31.7 Å². The number of benzene rings is 1. The Balaban J connectivity index is 1.66. The van der Waals surface area contributed by atoms with Crippen molar-refractivity contribution in [3.8, 4) is 11.8 Å². The van der Waals surface area contributed by atoms with Crippen molar-refractivity contribution < 1.29 is 14.7 Å². The van der Waals surface area contributed by atoms with Gasteiger partial charge >= 0.3 is 6.09 Å². The van der Waals surface area contributed by atoms with Crippen molar-refractivity contribution in [1.82, 2.24) is 15.3 Å². The molecule has 0 aliphatic carbocycles. The van der Waals surface area contributed by atoms with Crippen molar-refractivity contribution in [3.63, 3.8) is 0 Å². The summed E-state index contributed by atoms with van der Waals surface area (Å²) < 4.78 is 0. The van der Waals surface area contributed by atoms with Crippen molar-refractivity contribution in [2.75, 3.05) is 19.6 Å². The lowest BCUT2D eigenvalue weighted by molar-refractivity contribution is -0.0749. The number of hydroxylamine groups is 2. The second-order valence-corrected chi connectivity index (χ2v) is 6.42. The number of amides is 1. The topological polar surface area (TPSA) is 88.8 Å². The second kappa shape index (κ2) is 7.07. The molecule has 0 spiro atoms. The number of piperazine rings is 1. The Morgan fingerprint density at radius 2 is 2.04 bits per heavy atom. The van der Waals surface area contributed by atoms with Gasteiger partial charge in [-0.05, 0) is 44.0 Å². The zero-order valence-electron chi connectivity index (χ0n) is 13.7. The molecule has 2 fully saturated rings. The fourth-order valence-corrected chi connectivity index (χ4v) is 3.57. The van der Waals surface area contributed by atoms with Gasteiger partial charge in [-0.3, -0.25) is 4.90 Å². The minimum Gasteiger partial charge on any atom is -0.463 e. The van der Waals surface area contributed by atoms with Crippen LogP contribution in [0.4, 0.5) is 4.79 Å². The van der Waals surface area contributed by atoms with Crippen LogP contribution in [0.3, 0.4) is 0 Å². The van der Waals surface area contributed by atoms with E-state index in [-0.39, 0.29) is 6.04 Å². The molecule has 2 aliphatic heterocycles. The first-order valence-corrected chi connectivity index (χ1v) is 8.25. The van der Waals surface area contributed by atoms with Crippen LogP contribution in [-0.4, -0.2) is 58.9 Å².